The number of hydrazine groups is 1. The van der Waals surface area contributed by atoms with Gasteiger partial charge < -0.3 is 11.1 Å². The van der Waals surface area contributed by atoms with Crippen molar-refractivity contribution in [2.45, 2.75) is 39.4 Å². The van der Waals surface area contributed by atoms with Crippen LogP contribution >= 0.6 is 11.6 Å². The number of hydrogen-bond acceptors (Lipinski definition) is 5. The highest BCUT2D eigenvalue weighted by Gasteiger charge is 2.26. The van der Waals surface area contributed by atoms with Gasteiger partial charge in [-0.1, -0.05) is 29.3 Å². The van der Waals surface area contributed by atoms with Gasteiger partial charge in [0, 0.05) is 49.2 Å². The van der Waals surface area contributed by atoms with Crippen LogP contribution in [0.3, 0.4) is 0 Å². The summed E-state index contributed by atoms with van der Waals surface area (Å²) in [5, 5.41) is 5.04. The lowest BCUT2D eigenvalue weighted by atomic mass is 9.98. The fraction of sp³-hybridized carbons (Fsp3) is 0.318. The molecule has 7 nitrogen and oxygen atoms in total. The van der Waals surface area contributed by atoms with E-state index in [1.165, 1.54) is 0 Å². The van der Waals surface area contributed by atoms with E-state index in [-0.39, 0.29) is 18.2 Å². The maximum atomic E-state index is 12.9. The maximum absolute atomic E-state index is 12.9. The molecule has 0 fully saturated rings. The molecule has 0 aliphatic carbocycles. The SMILES string of the molecule is CC1=C(CC(=O)NCc2cc(Cl)ccc2CN)C(=O)N(NCc2cccnc2)CC1. The summed E-state index contributed by atoms with van der Waals surface area (Å²) in [5.74, 6) is -0.377. The number of hydrogen-bond donors (Lipinski definition) is 3. The molecule has 0 atom stereocenters. The zero-order chi connectivity index (χ0) is 21.5. The van der Waals surface area contributed by atoms with Crippen LogP contribution in [0.2, 0.25) is 5.02 Å². The van der Waals surface area contributed by atoms with Crippen LogP contribution in [0.25, 0.3) is 0 Å². The van der Waals surface area contributed by atoms with Crippen molar-refractivity contribution >= 4 is 23.4 Å². The lowest BCUT2D eigenvalue weighted by Gasteiger charge is -2.30. The van der Waals surface area contributed by atoms with E-state index in [0.29, 0.717) is 36.8 Å². The van der Waals surface area contributed by atoms with Gasteiger partial charge in [-0.3, -0.25) is 19.6 Å². The number of halogens is 1. The van der Waals surface area contributed by atoms with Crippen molar-refractivity contribution in [2.75, 3.05) is 6.54 Å². The molecule has 0 radical (unpaired) electrons. The normalized spacial score (nSPS) is 14.2. The maximum Gasteiger partial charge on any atom is 0.264 e. The number of pyridine rings is 1. The van der Waals surface area contributed by atoms with Crippen molar-refractivity contribution < 1.29 is 9.59 Å². The number of benzene rings is 1. The zero-order valence-electron chi connectivity index (χ0n) is 17.0. The van der Waals surface area contributed by atoms with Gasteiger partial charge >= 0.3 is 0 Å². The van der Waals surface area contributed by atoms with Crippen LogP contribution in [0.4, 0.5) is 0 Å². The molecule has 0 saturated heterocycles. The molecule has 0 bridgehead atoms. The third-order valence-corrected chi connectivity index (χ3v) is 5.36. The van der Waals surface area contributed by atoms with Crippen LogP contribution < -0.4 is 16.5 Å². The lowest BCUT2D eigenvalue weighted by Crippen LogP contribution is -2.46. The number of carbonyl (C=O) groups is 2. The molecule has 0 unspecified atom stereocenters. The van der Waals surface area contributed by atoms with E-state index in [1.807, 2.05) is 25.1 Å². The summed E-state index contributed by atoms with van der Waals surface area (Å²) < 4.78 is 0. The first-order valence-electron chi connectivity index (χ1n) is 9.85. The average Bonchev–Trinajstić information content (AvgIpc) is 2.75. The zero-order valence-corrected chi connectivity index (χ0v) is 17.7. The van der Waals surface area contributed by atoms with E-state index in [9.17, 15) is 9.59 Å². The molecule has 30 heavy (non-hydrogen) atoms. The molecule has 1 aliphatic rings. The van der Waals surface area contributed by atoms with Crippen LogP contribution in [0.15, 0.2) is 53.9 Å². The highest BCUT2D eigenvalue weighted by molar-refractivity contribution is 6.30. The van der Waals surface area contributed by atoms with Crippen LogP contribution in [0.1, 0.15) is 36.5 Å². The minimum Gasteiger partial charge on any atom is -0.352 e. The molecule has 3 rings (SSSR count). The minimum absolute atomic E-state index is 0.0360. The van der Waals surface area contributed by atoms with Crippen LogP contribution in [0, 0.1) is 0 Å². The monoisotopic (exact) mass is 427 g/mol. The molecular formula is C22H26ClN5O2. The fourth-order valence-electron chi connectivity index (χ4n) is 3.32. The minimum atomic E-state index is -0.213. The van der Waals surface area contributed by atoms with Crippen LogP contribution in [-0.2, 0) is 29.2 Å². The number of amides is 2. The van der Waals surface area contributed by atoms with E-state index < -0.39 is 0 Å². The van der Waals surface area contributed by atoms with Gasteiger partial charge in [0.25, 0.3) is 5.91 Å². The summed E-state index contributed by atoms with van der Waals surface area (Å²) in [4.78, 5) is 29.5. The Morgan fingerprint density at radius 3 is 2.83 bits per heavy atom. The van der Waals surface area contributed by atoms with E-state index in [2.05, 4.69) is 15.7 Å². The Hall–Kier alpha value is -2.74. The summed E-state index contributed by atoms with van der Waals surface area (Å²) in [5.41, 5.74) is 13.1. The molecular weight excluding hydrogens is 402 g/mol. The molecule has 0 saturated carbocycles. The van der Waals surface area contributed by atoms with Gasteiger partial charge in [0.15, 0.2) is 0 Å². The molecule has 2 aromatic rings. The summed E-state index contributed by atoms with van der Waals surface area (Å²) >= 11 is 6.05. The predicted octanol–water partition coefficient (Wildman–Crippen LogP) is 2.45. The Kier molecular flexibility index (Phi) is 7.57. The van der Waals surface area contributed by atoms with Gasteiger partial charge in [-0.2, -0.15) is 0 Å². The molecule has 1 aromatic heterocycles. The second-order valence-corrected chi connectivity index (χ2v) is 7.67. The molecule has 2 heterocycles. The molecule has 158 valence electrons. The number of carbonyl (C=O) groups excluding carboxylic acids is 2. The highest BCUT2D eigenvalue weighted by Crippen LogP contribution is 2.21. The highest BCUT2D eigenvalue weighted by atomic mass is 35.5. The second-order valence-electron chi connectivity index (χ2n) is 7.23. The molecule has 8 heteroatoms. The average molecular weight is 428 g/mol. The first-order valence-corrected chi connectivity index (χ1v) is 10.2. The van der Waals surface area contributed by atoms with Gasteiger partial charge in [-0.05, 0) is 48.2 Å². The Bertz CT molecular complexity index is 946. The smallest absolute Gasteiger partial charge is 0.264 e. The Morgan fingerprint density at radius 1 is 1.27 bits per heavy atom. The number of nitrogens with two attached hydrogens (primary N) is 1. The summed E-state index contributed by atoms with van der Waals surface area (Å²) in [6, 6.07) is 9.22. The summed E-state index contributed by atoms with van der Waals surface area (Å²) in [6.45, 7) is 3.65. The predicted molar refractivity (Wildman–Crippen MR) is 116 cm³/mol. The van der Waals surface area contributed by atoms with E-state index in [0.717, 1.165) is 28.7 Å². The molecule has 1 aromatic carbocycles. The van der Waals surface area contributed by atoms with Crippen LogP contribution in [-0.4, -0.2) is 28.4 Å². The topological polar surface area (TPSA) is 100 Å². The lowest BCUT2D eigenvalue weighted by molar-refractivity contribution is -0.132. The fourth-order valence-corrected chi connectivity index (χ4v) is 3.51. The van der Waals surface area contributed by atoms with Crippen molar-refractivity contribution in [1.82, 2.24) is 20.7 Å². The number of nitrogens with zero attached hydrogens (tertiary/aromatic N) is 2. The van der Waals surface area contributed by atoms with Crippen molar-refractivity contribution in [2.24, 2.45) is 5.73 Å². The molecule has 4 N–H and O–H groups in total. The Morgan fingerprint density at radius 2 is 2.10 bits per heavy atom. The summed E-state index contributed by atoms with van der Waals surface area (Å²) in [7, 11) is 0. The van der Waals surface area contributed by atoms with E-state index in [1.54, 1.807) is 29.5 Å². The third-order valence-electron chi connectivity index (χ3n) is 5.13. The second kappa shape index (κ2) is 10.3. The Balaban J connectivity index is 1.58. The van der Waals surface area contributed by atoms with Crippen molar-refractivity contribution in [3.05, 3.63) is 75.6 Å². The molecule has 0 spiro atoms. The van der Waals surface area contributed by atoms with Crippen molar-refractivity contribution in [3.8, 4) is 0 Å². The number of nitrogens with one attached hydrogen (secondary N) is 2. The Labute approximate surface area is 181 Å². The molecule has 2 amide bonds. The van der Waals surface area contributed by atoms with Gasteiger partial charge in [0.05, 0.1) is 6.42 Å². The van der Waals surface area contributed by atoms with E-state index in [4.69, 9.17) is 17.3 Å². The van der Waals surface area contributed by atoms with Gasteiger partial charge in [-0.15, -0.1) is 0 Å². The van der Waals surface area contributed by atoms with Gasteiger partial charge in [-0.25, -0.2) is 5.43 Å². The third kappa shape index (κ3) is 5.66. The number of rotatable bonds is 8. The standard InChI is InChI=1S/C22H26ClN5O2/c1-15-6-8-28(27-13-16-3-2-7-25-12-16)22(30)20(15)10-21(29)26-14-18-9-19(23)5-4-17(18)11-24/h2-5,7,9,12,27H,6,8,10-11,13-14,24H2,1H3,(H,26,29). The van der Waals surface area contributed by atoms with E-state index >= 15 is 0 Å². The first-order chi connectivity index (χ1) is 14.5. The summed E-state index contributed by atoms with van der Waals surface area (Å²) in [6.07, 6.45) is 4.22. The quantitative estimate of drug-likeness (QED) is 0.600. The largest absolute Gasteiger partial charge is 0.352 e. The van der Waals surface area contributed by atoms with Gasteiger partial charge in [0.2, 0.25) is 5.91 Å². The van der Waals surface area contributed by atoms with Gasteiger partial charge in [0.1, 0.15) is 0 Å². The first kappa shape index (κ1) is 22.0. The van der Waals surface area contributed by atoms with Crippen LogP contribution in [0.5, 0.6) is 0 Å². The van der Waals surface area contributed by atoms with Crippen molar-refractivity contribution in [3.63, 3.8) is 0 Å². The number of aromatic nitrogens is 1. The van der Waals surface area contributed by atoms with Crippen molar-refractivity contribution in [1.29, 1.82) is 0 Å². The molecule has 1 aliphatic heterocycles.